The molecule has 10 nitrogen and oxygen atoms in total. The van der Waals surface area contributed by atoms with Gasteiger partial charge in [-0.25, -0.2) is 4.79 Å². The molecule has 6 rings (SSSR count). The molecule has 1 aromatic rings. The van der Waals surface area contributed by atoms with Crippen LogP contribution >= 0.6 is 0 Å². The van der Waals surface area contributed by atoms with Gasteiger partial charge in [-0.15, -0.1) is 0 Å². The van der Waals surface area contributed by atoms with Gasteiger partial charge in [0.1, 0.15) is 11.6 Å². The third kappa shape index (κ3) is 6.84. The lowest BCUT2D eigenvalue weighted by Crippen LogP contribution is -2.52. The van der Waals surface area contributed by atoms with E-state index in [0.717, 1.165) is 62.7 Å². The fraction of sp³-hybridized carbons (Fsp3) is 0.697. The predicted octanol–water partition coefficient (Wildman–Crippen LogP) is 3.63. The highest BCUT2D eigenvalue weighted by Gasteiger charge is 2.40. The van der Waals surface area contributed by atoms with Gasteiger partial charge >= 0.3 is 6.09 Å². The molecule has 0 spiro atoms. The number of imide groups is 1. The minimum Gasteiger partial charge on any atom is -0.444 e. The lowest BCUT2D eigenvalue weighted by Gasteiger charge is -2.44. The first kappa shape index (κ1) is 29.9. The van der Waals surface area contributed by atoms with E-state index in [-0.39, 0.29) is 30.2 Å². The molecule has 10 heteroatoms. The van der Waals surface area contributed by atoms with E-state index in [1.165, 1.54) is 32.4 Å². The van der Waals surface area contributed by atoms with Crippen LogP contribution in [0.4, 0.5) is 10.5 Å². The highest BCUT2D eigenvalue weighted by atomic mass is 16.6. The van der Waals surface area contributed by atoms with Gasteiger partial charge in [-0.1, -0.05) is 0 Å². The van der Waals surface area contributed by atoms with Gasteiger partial charge in [-0.05, 0) is 108 Å². The number of hydrogen-bond acceptors (Lipinski definition) is 7. The van der Waals surface area contributed by atoms with Crippen LogP contribution in [-0.4, -0.2) is 96.0 Å². The van der Waals surface area contributed by atoms with Gasteiger partial charge in [0, 0.05) is 62.9 Å². The number of likely N-dealkylation sites (tertiary alicyclic amines) is 2. The molecule has 1 N–H and O–H groups in total. The Bertz CT molecular complexity index is 1240. The molecule has 5 aliphatic rings. The lowest BCUT2D eigenvalue weighted by atomic mass is 9.82. The number of fused-ring (bicyclic) bond motifs is 1. The summed E-state index contributed by atoms with van der Waals surface area (Å²) in [4.78, 5) is 57.8. The summed E-state index contributed by atoms with van der Waals surface area (Å²) in [5, 5.41) is 2.37. The topological polar surface area (TPSA) is 102 Å². The fourth-order valence-corrected chi connectivity index (χ4v) is 7.57. The second-order valence-electron chi connectivity index (χ2n) is 14.4. The molecule has 1 aromatic carbocycles. The number of hydrogen-bond donors (Lipinski definition) is 1. The van der Waals surface area contributed by atoms with Crippen molar-refractivity contribution in [3.8, 4) is 0 Å². The maximum atomic E-state index is 13.0. The van der Waals surface area contributed by atoms with Crippen molar-refractivity contribution in [3.63, 3.8) is 0 Å². The van der Waals surface area contributed by atoms with Crippen LogP contribution in [0.2, 0.25) is 0 Å². The van der Waals surface area contributed by atoms with E-state index in [9.17, 15) is 19.2 Å². The number of benzene rings is 1. The number of amides is 4. The SMILES string of the molecule is CC(C)(C)OC(=O)N1CCC(CC2CCN(CC3CN(c4ccc5c(c4)CN(C4CCC(=O)NC4=O)C5=O)C3)CC2)CC1. The average Bonchev–Trinajstić information content (AvgIpc) is 3.26. The van der Waals surface area contributed by atoms with E-state index in [2.05, 4.69) is 21.2 Å². The highest BCUT2D eigenvalue weighted by Crippen LogP contribution is 2.34. The van der Waals surface area contributed by atoms with Gasteiger partial charge in [0.15, 0.2) is 0 Å². The van der Waals surface area contributed by atoms with Crippen LogP contribution in [0.3, 0.4) is 0 Å². The number of carbonyl (C=O) groups excluding carboxylic acids is 4. The largest absolute Gasteiger partial charge is 0.444 e. The normalized spacial score (nSPS) is 24.7. The molecule has 0 radical (unpaired) electrons. The second-order valence-corrected chi connectivity index (χ2v) is 14.4. The quantitative estimate of drug-likeness (QED) is 0.503. The molecular formula is C33H47N5O5. The van der Waals surface area contributed by atoms with E-state index < -0.39 is 11.6 Å². The molecule has 43 heavy (non-hydrogen) atoms. The van der Waals surface area contributed by atoms with Crippen LogP contribution in [0.15, 0.2) is 18.2 Å². The van der Waals surface area contributed by atoms with Crippen molar-refractivity contribution in [3.05, 3.63) is 29.3 Å². The van der Waals surface area contributed by atoms with Gasteiger partial charge in [-0.2, -0.15) is 0 Å². The minimum atomic E-state index is -0.573. The molecule has 4 amide bonds. The zero-order valence-corrected chi connectivity index (χ0v) is 26.0. The van der Waals surface area contributed by atoms with Crippen molar-refractivity contribution in [1.82, 2.24) is 20.0 Å². The molecule has 0 bridgehead atoms. The van der Waals surface area contributed by atoms with E-state index in [1.807, 2.05) is 37.8 Å². The molecule has 234 valence electrons. The number of rotatable bonds is 6. The van der Waals surface area contributed by atoms with Crippen LogP contribution in [0.25, 0.3) is 0 Å². The smallest absolute Gasteiger partial charge is 0.410 e. The van der Waals surface area contributed by atoms with E-state index >= 15 is 0 Å². The van der Waals surface area contributed by atoms with Crippen LogP contribution < -0.4 is 10.2 Å². The average molecular weight is 594 g/mol. The molecule has 5 heterocycles. The highest BCUT2D eigenvalue weighted by molar-refractivity contribution is 6.05. The van der Waals surface area contributed by atoms with Crippen molar-refractivity contribution < 1.29 is 23.9 Å². The number of nitrogens with zero attached hydrogens (tertiary/aromatic N) is 4. The zero-order chi connectivity index (χ0) is 30.3. The maximum Gasteiger partial charge on any atom is 0.410 e. The van der Waals surface area contributed by atoms with Crippen LogP contribution in [0, 0.1) is 17.8 Å². The molecule has 0 aliphatic carbocycles. The van der Waals surface area contributed by atoms with E-state index in [4.69, 9.17) is 4.74 Å². The summed E-state index contributed by atoms with van der Waals surface area (Å²) in [5.41, 5.74) is 2.34. The fourth-order valence-electron chi connectivity index (χ4n) is 7.57. The van der Waals surface area contributed by atoms with Gasteiger partial charge in [0.2, 0.25) is 11.8 Å². The summed E-state index contributed by atoms with van der Waals surface area (Å²) in [6, 6.07) is 5.47. The Kier molecular flexibility index (Phi) is 8.41. The summed E-state index contributed by atoms with van der Waals surface area (Å²) in [7, 11) is 0. The molecule has 1 unspecified atom stereocenters. The molecule has 5 aliphatic heterocycles. The first-order valence-corrected chi connectivity index (χ1v) is 16.2. The number of carbonyl (C=O) groups is 4. The van der Waals surface area contributed by atoms with Crippen LogP contribution in [-0.2, 0) is 20.9 Å². The van der Waals surface area contributed by atoms with E-state index in [0.29, 0.717) is 30.4 Å². The minimum absolute atomic E-state index is 0.118. The Balaban J connectivity index is 0.902. The van der Waals surface area contributed by atoms with Gasteiger partial charge in [-0.3, -0.25) is 19.7 Å². The van der Waals surface area contributed by atoms with Gasteiger partial charge in [0.25, 0.3) is 5.91 Å². The maximum absolute atomic E-state index is 13.0. The summed E-state index contributed by atoms with van der Waals surface area (Å²) in [6.45, 7) is 13.4. The third-order valence-corrected chi connectivity index (χ3v) is 9.99. The first-order valence-electron chi connectivity index (χ1n) is 16.2. The van der Waals surface area contributed by atoms with E-state index in [1.54, 1.807) is 4.90 Å². The van der Waals surface area contributed by atoms with Crippen molar-refractivity contribution in [2.24, 2.45) is 17.8 Å². The van der Waals surface area contributed by atoms with Crippen molar-refractivity contribution in [2.75, 3.05) is 50.7 Å². The lowest BCUT2D eigenvalue weighted by molar-refractivity contribution is -0.136. The standard InChI is InChI=1S/C33H47N5O5/c1-33(2,3)43-32(42)36-14-10-23(11-15-36)16-22-8-12-35(13-9-22)18-24-19-37(20-24)26-4-5-27-25(17-26)21-38(31(27)41)28-6-7-29(39)34-30(28)40/h4-5,17,22-24,28H,6-16,18-21H2,1-3H3,(H,34,39,40). The van der Waals surface area contributed by atoms with Crippen LogP contribution in [0.1, 0.15) is 81.6 Å². The molecule has 4 fully saturated rings. The Morgan fingerprint density at radius 3 is 2.26 bits per heavy atom. The van der Waals surface area contributed by atoms with Gasteiger partial charge in [0.05, 0.1) is 0 Å². The summed E-state index contributed by atoms with van der Waals surface area (Å²) in [6.07, 6.45) is 6.48. The molecule has 4 saturated heterocycles. The monoisotopic (exact) mass is 593 g/mol. The van der Waals surface area contributed by atoms with Crippen LogP contribution in [0.5, 0.6) is 0 Å². The Morgan fingerprint density at radius 2 is 1.60 bits per heavy atom. The van der Waals surface area contributed by atoms with Crippen molar-refractivity contribution >= 4 is 29.5 Å². The Labute approximate surface area is 255 Å². The van der Waals surface area contributed by atoms with Gasteiger partial charge < -0.3 is 24.3 Å². The number of ether oxygens (including phenoxy) is 1. The molecular weight excluding hydrogens is 546 g/mol. The third-order valence-electron chi connectivity index (χ3n) is 9.99. The molecule has 0 saturated carbocycles. The Hall–Kier alpha value is -3.14. The summed E-state index contributed by atoms with van der Waals surface area (Å²) < 4.78 is 5.55. The molecule has 1 atom stereocenters. The Morgan fingerprint density at radius 1 is 0.930 bits per heavy atom. The summed E-state index contributed by atoms with van der Waals surface area (Å²) in [5.74, 6) is 1.41. The number of anilines is 1. The molecule has 0 aromatic heterocycles. The van der Waals surface area contributed by atoms with Crippen molar-refractivity contribution in [1.29, 1.82) is 0 Å². The predicted molar refractivity (Wildman–Crippen MR) is 163 cm³/mol. The number of piperidine rings is 3. The second kappa shape index (κ2) is 12.1. The summed E-state index contributed by atoms with van der Waals surface area (Å²) >= 11 is 0. The zero-order valence-electron chi connectivity index (χ0n) is 26.0. The first-order chi connectivity index (χ1) is 20.5. The number of nitrogens with one attached hydrogen (secondary N) is 1. The van der Waals surface area contributed by atoms with Crippen molar-refractivity contribution in [2.45, 2.75) is 83.9 Å².